The minimum Gasteiger partial charge on any atom is -0.396 e. The summed E-state index contributed by atoms with van der Waals surface area (Å²) in [6.07, 6.45) is 4.42. The van der Waals surface area contributed by atoms with Crippen LogP contribution >= 0.6 is 0 Å². The number of nitrogens with zero attached hydrogens (tertiary/aromatic N) is 1. The maximum Gasteiger partial charge on any atom is 0.253 e. The molecular formula is C13H17NO2. The summed E-state index contributed by atoms with van der Waals surface area (Å²) in [5.74, 6) is -0.00240. The molecule has 0 radical (unpaired) electrons. The van der Waals surface area contributed by atoms with Gasteiger partial charge in [0.2, 0.25) is 0 Å². The second-order valence-electron chi connectivity index (χ2n) is 3.74. The van der Waals surface area contributed by atoms with Crippen molar-refractivity contribution in [1.82, 2.24) is 4.90 Å². The molecule has 0 atom stereocenters. The highest BCUT2D eigenvalue weighted by atomic mass is 16.2. The van der Waals surface area contributed by atoms with Gasteiger partial charge in [-0.1, -0.05) is 24.3 Å². The summed E-state index contributed by atoms with van der Waals surface area (Å²) in [7, 11) is 3.47. The van der Waals surface area contributed by atoms with Gasteiger partial charge in [0.1, 0.15) is 0 Å². The number of carbonyl (C=O) groups excluding carboxylic acids is 1. The van der Waals surface area contributed by atoms with Gasteiger partial charge in [-0.25, -0.2) is 0 Å². The average Bonchev–Trinajstić information content (AvgIpc) is 2.29. The van der Waals surface area contributed by atoms with Crippen LogP contribution in [0, 0.1) is 0 Å². The first-order valence-electron chi connectivity index (χ1n) is 5.24. The molecule has 0 aliphatic rings. The first-order valence-corrected chi connectivity index (χ1v) is 5.24. The lowest BCUT2D eigenvalue weighted by atomic mass is 10.1. The molecule has 0 fully saturated rings. The van der Waals surface area contributed by atoms with Crippen LogP contribution < -0.4 is 0 Å². The van der Waals surface area contributed by atoms with E-state index in [0.717, 1.165) is 5.56 Å². The number of amides is 1. The SMILES string of the molecule is CN(C)C(=O)c1cccc(C=CCCO)c1. The van der Waals surface area contributed by atoms with Crippen LogP contribution in [0.15, 0.2) is 30.3 Å². The third-order valence-electron chi connectivity index (χ3n) is 2.15. The standard InChI is InChI=1S/C13H17NO2/c1-14(2)13(16)12-8-5-7-11(10-12)6-3-4-9-15/h3,5-8,10,15H,4,9H2,1-2H3. The maximum absolute atomic E-state index is 11.7. The second kappa shape index (κ2) is 6.08. The minimum atomic E-state index is -0.00240. The normalized spacial score (nSPS) is 10.7. The molecule has 3 nitrogen and oxygen atoms in total. The first kappa shape index (κ1) is 12.5. The lowest BCUT2D eigenvalue weighted by molar-refractivity contribution is 0.0827. The van der Waals surface area contributed by atoms with Crippen molar-refractivity contribution < 1.29 is 9.90 Å². The van der Waals surface area contributed by atoms with Gasteiger partial charge in [-0.15, -0.1) is 0 Å². The second-order valence-corrected chi connectivity index (χ2v) is 3.74. The van der Waals surface area contributed by atoms with Crippen LogP contribution in [0.2, 0.25) is 0 Å². The highest BCUT2D eigenvalue weighted by molar-refractivity contribution is 5.94. The summed E-state index contributed by atoms with van der Waals surface area (Å²) in [5, 5.41) is 8.65. The molecule has 0 aromatic heterocycles. The molecule has 0 bridgehead atoms. The number of aliphatic hydroxyl groups is 1. The Kier molecular flexibility index (Phi) is 4.73. The van der Waals surface area contributed by atoms with Gasteiger partial charge in [0.25, 0.3) is 5.91 Å². The smallest absolute Gasteiger partial charge is 0.253 e. The fourth-order valence-corrected chi connectivity index (χ4v) is 1.33. The van der Waals surface area contributed by atoms with Crippen LogP contribution in [0.3, 0.4) is 0 Å². The molecule has 1 amide bonds. The Morgan fingerprint density at radius 1 is 1.44 bits per heavy atom. The molecule has 1 aromatic rings. The van der Waals surface area contributed by atoms with Gasteiger partial charge < -0.3 is 10.0 Å². The fourth-order valence-electron chi connectivity index (χ4n) is 1.33. The van der Waals surface area contributed by atoms with E-state index in [9.17, 15) is 4.79 Å². The quantitative estimate of drug-likeness (QED) is 0.838. The van der Waals surface area contributed by atoms with Crippen molar-refractivity contribution in [3.8, 4) is 0 Å². The lowest BCUT2D eigenvalue weighted by Crippen LogP contribution is -2.21. The van der Waals surface area contributed by atoms with E-state index in [1.165, 1.54) is 0 Å². The van der Waals surface area contributed by atoms with E-state index < -0.39 is 0 Å². The third-order valence-corrected chi connectivity index (χ3v) is 2.15. The summed E-state index contributed by atoms with van der Waals surface area (Å²) in [5.41, 5.74) is 1.65. The van der Waals surface area contributed by atoms with E-state index in [-0.39, 0.29) is 12.5 Å². The summed E-state index contributed by atoms with van der Waals surface area (Å²) >= 11 is 0. The minimum absolute atomic E-state index is 0.00240. The molecule has 0 saturated carbocycles. The molecule has 0 spiro atoms. The Bertz CT molecular complexity index is 383. The zero-order chi connectivity index (χ0) is 12.0. The Morgan fingerprint density at radius 2 is 2.19 bits per heavy atom. The van der Waals surface area contributed by atoms with Crippen molar-refractivity contribution in [3.63, 3.8) is 0 Å². The van der Waals surface area contributed by atoms with Crippen molar-refractivity contribution >= 4 is 12.0 Å². The molecule has 0 unspecified atom stereocenters. The number of hydrogen-bond donors (Lipinski definition) is 1. The molecule has 16 heavy (non-hydrogen) atoms. The molecule has 1 N–H and O–H groups in total. The molecule has 0 aliphatic carbocycles. The molecular weight excluding hydrogens is 202 g/mol. The molecule has 3 heteroatoms. The fraction of sp³-hybridized carbons (Fsp3) is 0.308. The van der Waals surface area contributed by atoms with Gasteiger partial charge in [0, 0.05) is 26.3 Å². The van der Waals surface area contributed by atoms with Crippen molar-refractivity contribution in [3.05, 3.63) is 41.5 Å². The molecule has 0 saturated heterocycles. The highest BCUT2D eigenvalue weighted by Crippen LogP contribution is 2.09. The Balaban J connectivity index is 2.83. The summed E-state index contributed by atoms with van der Waals surface area (Å²) in [4.78, 5) is 13.2. The first-order chi connectivity index (χ1) is 7.65. The Morgan fingerprint density at radius 3 is 2.81 bits per heavy atom. The van der Waals surface area contributed by atoms with E-state index in [1.54, 1.807) is 25.1 Å². The topological polar surface area (TPSA) is 40.5 Å². The highest BCUT2D eigenvalue weighted by Gasteiger charge is 2.06. The Labute approximate surface area is 96.0 Å². The largest absolute Gasteiger partial charge is 0.396 e. The number of aliphatic hydroxyl groups excluding tert-OH is 1. The van der Waals surface area contributed by atoms with Crippen molar-refractivity contribution in [2.24, 2.45) is 0 Å². The number of benzene rings is 1. The van der Waals surface area contributed by atoms with Gasteiger partial charge in [-0.3, -0.25) is 4.79 Å². The Hall–Kier alpha value is -1.61. The number of hydrogen-bond acceptors (Lipinski definition) is 2. The van der Waals surface area contributed by atoms with Crippen molar-refractivity contribution in [2.45, 2.75) is 6.42 Å². The molecule has 86 valence electrons. The van der Waals surface area contributed by atoms with E-state index >= 15 is 0 Å². The van der Waals surface area contributed by atoms with Crippen molar-refractivity contribution in [1.29, 1.82) is 0 Å². The van der Waals surface area contributed by atoms with Gasteiger partial charge in [0.05, 0.1) is 0 Å². The third kappa shape index (κ3) is 3.51. The lowest BCUT2D eigenvalue weighted by Gasteiger charge is -2.10. The van der Waals surface area contributed by atoms with Crippen LogP contribution in [-0.2, 0) is 0 Å². The number of carbonyl (C=O) groups is 1. The van der Waals surface area contributed by atoms with Crippen molar-refractivity contribution in [2.75, 3.05) is 20.7 Å². The maximum atomic E-state index is 11.7. The van der Waals surface area contributed by atoms with Gasteiger partial charge in [-0.2, -0.15) is 0 Å². The number of rotatable bonds is 4. The van der Waals surface area contributed by atoms with Crippen LogP contribution in [0.1, 0.15) is 22.3 Å². The summed E-state index contributed by atoms with van der Waals surface area (Å²) in [6, 6.07) is 7.43. The average molecular weight is 219 g/mol. The van der Waals surface area contributed by atoms with Crippen LogP contribution in [0.5, 0.6) is 0 Å². The zero-order valence-corrected chi connectivity index (χ0v) is 9.68. The van der Waals surface area contributed by atoms with Crippen LogP contribution in [0.4, 0.5) is 0 Å². The summed E-state index contributed by atoms with van der Waals surface area (Å²) < 4.78 is 0. The zero-order valence-electron chi connectivity index (χ0n) is 9.68. The molecule has 0 heterocycles. The van der Waals surface area contributed by atoms with E-state index in [0.29, 0.717) is 12.0 Å². The monoisotopic (exact) mass is 219 g/mol. The summed E-state index contributed by atoms with van der Waals surface area (Å²) in [6.45, 7) is 0.146. The van der Waals surface area contributed by atoms with Gasteiger partial charge >= 0.3 is 0 Å². The van der Waals surface area contributed by atoms with Gasteiger partial charge in [-0.05, 0) is 24.1 Å². The van der Waals surface area contributed by atoms with Crippen LogP contribution in [-0.4, -0.2) is 36.6 Å². The molecule has 1 rings (SSSR count). The molecule has 0 aliphatic heterocycles. The van der Waals surface area contributed by atoms with E-state index in [2.05, 4.69) is 0 Å². The van der Waals surface area contributed by atoms with E-state index in [4.69, 9.17) is 5.11 Å². The van der Waals surface area contributed by atoms with Crippen LogP contribution in [0.25, 0.3) is 6.08 Å². The van der Waals surface area contributed by atoms with E-state index in [1.807, 2.05) is 30.4 Å². The van der Waals surface area contributed by atoms with Gasteiger partial charge in [0.15, 0.2) is 0 Å². The predicted molar refractivity (Wildman–Crippen MR) is 65.2 cm³/mol. The molecule has 1 aromatic carbocycles. The predicted octanol–water partition coefficient (Wildman–Crippen LogP) is 1.78.